The van der Waals surface area contributed by atoms with Gasteiger partial charge < -0.3 is 24.1 Å². The maximum atomic E-state index is 13.4. The number of benzene rings is 1. The molecule has 0 amide bonds. The first-order valence-corrected chi connectivity index (χ1v) is 10.1. The summed E-state index contributed by atoms with van der Waals surface area (Å²) in [6, 6.07) is 9.81. The Kier molecular flexibility index (Phi) is 5.80. The van der Waals surface area contributed by atoms with Crippen LogP contribution < -0.4 is 15.0 Å². The standard InChI is InChI=1S/C24H20N2O8/c1-12-25-20(18-15(23(28)29)10-14-17(33-3)8-9-34-21(14)18)19(24(30)31)22(27)26(12)11-13-6-4-5-7-16(13)32-2/h4-10H,11H2,1-3H3,(H,28,29)(H,30,31). The van der Waals surface area contributed by atoms with Crippen LogP contribution >= 0.6 is 0 Å². The van der Waals surface area contributed by atoms with Crippen molar-refractivity contribution < 1.29 is 33.7 Å². The number of hydrogen-bond donors (Lipinski definition) is 2. The fourth-order valence-electron chi connectivity index (χ4n) is 3.90. The minimum Gasteiger partial charge on any atom is -0.496 e. The molecular weight excluding hydrogens is 444 g/mol. The van der Waals surface area contributed by atoms with E-state index in [0.717, 1.165) is 0 Å². The van der Waals surface area contributed by atoms with E-state index in [4.69, 9.17) is 13.9 Å². The molecule has 0 atom stereocenters. The van der Waals surface area contributed by atoms with Gasteiger partial charge in [0, 0.05) is 11.6 Å². The molecule has 2 N–H and O–H groups in total. The van der Waals surface area contributed by atoms with Gasteiger partial charge in [-0.1, -0.05) is 18.2 Å². The molecule has 0 bridgehead atoms. The van der Waals surface area contributed by atoms with Gasteiger partial charge in [0.2, 0.25) is 0 Å². The lowest BCUT2D eigenvalue weighted by molar-refractivity contribution is 0.0682. The molecule has 0 saturated heterocycles. The quantitative estimate of drug-likeness (QED) is 0.421. The van der Waals surface area contributed by atoms with Crippen LogP contribution in [0.1, 0.15) is 32.1 Å². The number of aromatic carboxylic acids is 2. The second-order valence-corrected chi connectivity index (χ2v) is 7.36. The number of ether oxygens (including phenoxy) is 2. The van der Waals surface area contributed by atoms with Crippen molar-refractivity contribution in [3.63, 3.8) is 0 Å². The second kappa shape index (κ2) is 8.74. The average molecular weight is 464 g/mol. The monoisotopic (exact) mass is 464 g/mol. The largest absolute Gasteiger partial charge is 0.496 e. The Bertz CT molecular complexity index is 1450. The fraction of sp³-hybridized carbons (Fsp3) is 0.167. The van der Waals surface area contributed by atoms with Crippen LogP contribution in [-0.2, 0) is 6.54 Å². The smallest absolute Gasteiger partial charge is 0.343 e. The Morgan fingerprint density at radius 2 is 1.76 bits per heavy atom. The minimum atomic E-state index is -1.55. The molecule has 2 heterocycles. The number of rotatable bonds is 7. The summed E-state index contributed by atoms with van der Waals surface area (Å²) in [6.45, 7) is 1.54. The summed E-state index contributed by atoms with van der Waals surface area (Å²) in [5.74, 6) is -1.80. The number of aryl methyl sites for hydroxylation is 1. The summed E-state index contributed by atoms with van der Waals surface area (Å²) in [4.78, 5) is 42.0. The van der Waals surface area contributed by atoms with Crippen LogP contribution in [0, 0.1) is 6.92 Å². The van der Waals surface area contributed by atoms with Gasteiger partial charge in [-0.3, -0.25) is 9.36 Å². The summed E-state index contributed by atoms with van der Waals surface area (Å²) in [7, 11) is 2.90. The molecule has 0 fully saturated rings. The Labute approximate surface area is 193 Å². The van der Waals surface area contributed by atoms with E-state index in [1.54, 1.807) is 24.3 Å². The van der Waals surface area contributed by atoms with Gasteiger partial charge >= 0.3 is 11.9 Å². The number of hydrogen-bond acceptors (Lipinski definition) is 7. The molecule has 0 unspecified atom stereocenters. The highest BCUT2D eigenvalue weighted by atomic mass is 16.5. The van der Waals surface area contributed by atoms with Crippen LogP contribution in [0.25, 0.3) is 22.6 Å². The number of nitrogens with zero attached hydrogens (tertiary/aromatic N) is 2. The lowest BCUT2D eigenvalue weighted by Crippen LogP contribution is -2.31. The van der Waals surface area contributed by atoms with Gasteiger partial charge in [0.1, 0.15) is 23.1 Å². The molecule has 0 radical (unpaired) electrons. The molecular formula is C24H20N2O8. The van der Waals surface area contributed by atoms with E-state index in [-0.39, 0.29) is 35.0 Å². The van der Waals surface area contributed by atoms with Gasteiger partial charge in [0.15, 0.2) is 5.56 Å². The molecule has 1 aromatic carbocycles. The summed E-state index contributed by atoms with van der Waals surface area (Å²) in [5, 5.41) is 19.8. The van der Waals surface area contributed by atoms with Crippen molar-refractivity contribution in [2.45, 2.75) is 13.5 Å². The number of methoxy groups -OCH3 is 2. The number of carbonyl (C=O) groups is 2. The number of aromatic nitrogens is 2. The molecule has 1 aliphatic carbocycles. The molecule has 34 heavy (non-hydrogen) atoms. The van der Waals surface area contributed by atoms with Crippen LogP contribution in [0.5, 0.6) is 11.5 Å². The summed E-state index contributed by atoms with van der Waals surface area (Å²) in [5.41, 5.74) is -1.22. The highest BCUT2D eigenvalue weighted by Crippen LogP contribution is 2.44. The lowest BCUT2D eigenvalue weighted by atomic mass is 10.0. The first-order valence-electron chi connectivity index (χ1n) is 10.1. The fourth-order valence-corrected chi connectivity index (χ4v) is 3.90. The van der Waals surface area contributed by atoms with Crippen molar-refractivity contribution in [3.8, 4) is 34.1 Å². The zero-order valence-corrected chi connectivity index (χ0v) is 18.5. The number of carboxylic acids is 2. The van der Waals surface area contributed by atoms with Crippen molar-refractivity contribution in [3.05, 3.63) is 75.5 Å². The Hall–Kier alpha value is -4.60. The normalized spacial score (nSPS) is 10.9. The van der Waals surface area contributed by atoms with E-state index in [9.17, 15) is 24.6 Å². The minimum absolute atomic E-state index is 0.00792. The Morgan fingerprint density at radius 3 is 2.41 bits per heavy atom. The van der Waals surface area contributed by atoms with Crippen LogP contribution in [0.2, 0.25) is 0 Å². The van der Waals surface area contributed by atoms with E-state index in [0.29, 0.717) is 22.6 Å². The molecule has 10 nitrogen and oxygen atoms in total. The maximum absolute atomic E-state index is 13.4. The van der Waals surface area contributed by atoms with Gasteiger partial charge in [-0.05, 0) is 19.1 Å². The molecule has 4 rings (SSSR count). The maximum Gasteiger partial charge on any atom is 0.343 e. The molecule has 1 aliphatic heterocycles. The molecule has 2 aromatic rings. The van der Waals surface area contributed by atoms with E-state index in [1.165, 1.54) is 44.1 Å². The first kappa shape index (κ1) is 22.6. The summed E-state index contributed by atoms with van der Waals surface area (Å²) < 4.78 is 17.3. The lowest BCUT2D eigenvalue weighted by Gasteiger charge is -2.16. The van der Waals surface area contributed by atoms with E-state index < -0.39 is 23.1 Å². The van der Waals surface area contributed by atoms with Crippen molar-refractivity contribution in [1.29, 1.82) is 0 Å². The molecule has 174 valence electrons. The third kappa shape index (κ3) is 3.64. The van der Waals surface area contributed by atoms with Crippen molar-refractivity contribution in [2.24, 2.45) is 0 Å². The molecule has 0 spiro atoms. The summed E-state index contributed by atoms with van der Waals surface area (Å²) in [6.07, 6.45) is 1.28. The predicted molar refractivity (Wildman–Crippen MR) is 120 cm³/mol. The Balaban J connectivity index is 2.00. The highest BCUT2D eigenvalue weighted by Gasteiger charge is 2.32. The SMILES string of the molecule is COc1ccccc1Cn1c(C)nc(-c2c(C(=O)O)cc3c(OC)ccoc2-3)c(C(=O)O)c1=O. The molecule has 2 aliphatic rings. The topological polar surface area (TPSA) is 141 Å². The van der Waals surface area contributed by atoms with Crippen molar-refractivity contribution >= 4 is 11.9 Å². The van der Waals surface area contributed by atoms with Gasteiger partial charge in [-0.25, -0.2) is 14.6 Å². The van der Waals surface area contributed by atoms with Crippen LogP contribution in [0.4, 0.5) is 0 Å². The van der Waals surface area contributed by atoms with E-state index in [1.807, 2.05) is 0 Å². The van der Waals surface area contributed by atoms with Gasteiger partial charge in [-0.2, -0.15) is 0 Å². The van der Waals surface area contributed by atoms with E-state index in [2.05, 4.69) is 4.98 Å². The third-order valence-electron chi connectivity index (χ3n) is 5.48. The van der Waals surface area contributed by atoms with Crippen LogP contribution in [0.3, 0.4) is 0 Å². The zero-order chi connectivity index (χ0) is 24.6. The van der Waals surface area contributed by atoms with E-state index >= 15 is 0 Å². The molecule has 0 saturated carbocycles. The Morgan fingerprint density at radius 1 is 1.06 bits per heavy atom. The third-order valence-corrected chi connectivity index (χ3v) is 5.48. The number of fused-ring (bicyclic) bond motifs is 1. The van der Waals surface area contributed by atoms with Gasteiger partial charge in [0.25, 0.3) is 5.56 Å². The number of para-hydroxylation sites is 1. The summed E-state index contributed by atoms with van der Waals surface area (Å²) >= 11 is 0. The van der Waals surface area contributed by atoms with Crippen molar-refractivity contribution in [1.82, 2.24) is 9.55 Å². The first-order chi connectivity index (χ1) is 16.3. The van der Waals surface area contributed by atoms with Crippen LogP contribution in [0.15, 0.2) is 51.9 Å². The highest BCUT2D eigenvalue weighted by molar-refractivity contribution is 6.07. The molecule has 10 heteroatoms. The zero-order valence-electron chi connectivity index (χ0n) is 18.5. The van der Waals surface area contributed by atoms with Gasteiger partial charge in [0.05, 0.1) is 49.4 Å². The molecule has 1 aromatic heterocycles. The van der Waals surface area contributed by atoms with Crippen LogP contribution in [-0.4, -0.2) is 45.9 Å². The number of carboxylic acid groups (broad SMARTS) is 2. The van der Waals surface area contributed by atoms with Gasteiger partial charge in [-0.15, -0.1) is 0 Å². The average Bonchev–Trinajstić information content (AvgIpc) is 3.21. The predicted octanol–water partition coefficient (Wildman–Crippen LogP) is 3.38. The van der Waals surface area contributed by atoms with Crippen molar-refractivity contribution in [2.75, 3.05) is 14.2 Å². The second-order valence-electron chi connectivity index (χ2n) is 7.36.